The minimum atomic E-state index is -1.93. The predicted octanol–water partition coefficient (Wildman–Crippen LogP) is 2.01. The van der Waals surface area contributed by atoms with Crippen molar-refractivity contribution in [2.45, 2.75) is 17.6 Å². The van der Waals surface area contributed by atoms with Gasteiger partial charge in [-0.05, 0) is 6.92 Å². The largest absolute Gasteiger partial charge is 0.481 e. The van der Waals surface area contributed by atoms with Crippen molar-refractivity contribution in [1.82, 2.24) is 0 Å². The number of hydrogen-bond acceptors (Lipinski definition) is 3. The summed E-state index contributed by atoms with van der Waals surface area (Å²) in [5.74, 6) is -1.67. The van der Waals surface area contributed by atoms with Gasteiger partial charge in [0.2, 0.25) is 0 Å². The van der Waals surface area contributed by atoms with Gasteiger partial charge in [-0.1, -0.05) is 34.8 Å². The zero-order chi connectivity index (χ0) is 11.1. The summed E-state index contributed by atoms with van der Waals surface area (Å²) >= 11 is 15.4. The van der Waals surface area contributed by atoms with Crippen molar-refractivity contribution in [2.24, 2.45) is 0 Å². The van der Waals surface area contributed by atoms with E-state index >= 15 is 0 Å². The number of alkyl halides is 3. The van der Waals surface area contributed by atoms with Crippen LogP contribution in [0.25, 0.3) is 0 Å². The van der Waals surface area contributed by atoms with E-state index in [1.54, 1.807) is 6.92 Å². The zero-order valence-corrected chi connectivity index (χ0v) is 9.28. The monoisotopic (exact) mass is 250 g/mol. The number of rotatable bonds is 1. The second kappa shape index (κ2) is 7.24. The molecule has 0 rings (SSSR count). The van der Waals surface area contributed by atoms with Gasteiger partial charge in [0.1, 0.15) is 0 Å². The van der Waals surface area contributed by atoms with Crippen molar-refractivity contribution in [3.63, 3.8) is 0 Å². The van der Waals surface area contributed by atoms with Gasteiger partial charge in [-0.15, -0.1) is 0 Å². The van der Waals surface area contributed by atoms with Crippen molar-refractivity contribution in [3.05, 3.63) is 0 Å². The molecule has 1 N–H and O–H groups in total. The van der Waals surface area contributed by atoms with E-state index in [0.717, 1.165) is 6.92 Å². The molecule has 7 heteroatoms. The van der Waals surface area contributed by atoms with Crippen LogP contribution in [0.2, 0.25) is 0 Å². The second-order valence-corrected chi connectivity index (χ2v) is 4.02. The van der Waals surface area contributed by atoms with E-state index in [1.165, 1.54) is 0 Å². The Morgan fingerprint density at radius 1 is 1.38 bits per heavy atom. The highest BCUT2D eigenvalue weighted by Crippen LogP contribution is 2.27. The molecular weight excluding hydrogens is 242 g/mol. The lowest BCUT2D eigenvalue weighted by Crippen LogP contribution is -2.21. The second-order valence-electron chi connectivity index (χ2n) is 1.74. The van der Waals surface area contributed by atoms with Crippen LogP contribution in [-0.2, 0) is 14.3 Å². The molecule has 0 aliphatic carbocycles. The maximum Gasteiger partial charge on any atom is 0.358 e. The van der Waals surface area contributed by atoms with E-state index in [0.29, 0.717) is 0 Å². The molecule has 0 aliphatic rings. The number of aliphatic carboxylic acids is 1. The molecule has 0 unspecified atom stereocenters. The molecule has 0 spiro atoms. The summed E-state index contributed by atoms with van der Waals surface area (Å²) in [6.45, 7) is 2.93. The van der Waals surface area contributed by atoms with Gasteiger partial charge in [0, 0.05) is 6.92 Å². The van der Waals surface area contributed by atoms with Gasteiger partial charge in [0.05, 0.1) is 6.61 Å². The van der Waals surface area contributed by atoms with Gasteiger partial charge >= 0.3 is 5.97 Å². The smallest absolute Gasteiger partial charge is 0.358 e. The Kier molecular flexibility index (Phi) is 8.51. The molecule has 78 valence electrons. The van der Waals surface area contributed by atoms with Crippen LogP contribution in [0.5, 0.6) is 0 Å². The fourth-order valence-electron chi connectivity index (χ4n) is 0.213. The van der Waals surface area contributed by atoms with Crippen molar-refractivity contribution >= 4 is 46.7 Å². The van der Waals surface area contributed by atoms with Gasteiger partial charge in [-0.3, -0.25) is 4.79 Å². The molecule has 0 aliphatic heterocycles. The zero-order valence-electron chi connectivity index (χ0n) is 7.01. The minimum absolute atomic E-state index is 0.215. The van der Waals surface area contributed by atoms with Crippen LogP contribution in [0.1, 0.15) is 13.8 Å². The number of carboxylic acid groups (broad SMARTS) is 1. The lowest BCUT2D eigenvalue weighted by molar-refractivity contribution is -0.142. The molecule has 0 aromatic carbocycles. The van der Waals surface area contributed by atoms with Crippen LogP contribution in [0.3, 0.4) is 0 Å². The van der Waals surface area contributed by atoms with Gasteiger partial charge in [-0.25, -0.2) is 4.79 Å². The Morgan fingerprint density at radius 2 is 1.69 bits per heavy atom. The average molecular weight is 251 g/mol. The SMILES string of the molecule is CC(=O)O.CCOC(=O)C(Cl)(Cl)Cl. The fraction of sp³-hybridized carbons (Fsp3) is 0.667. The number of carbonyl (C=O) groups is 2. The van der Waals surface area contributed by atoms with Gasteiger partial charge in [0.25, 0.3) is 9.76 Å². The molecule has 0 heterocycles. The average Bonchev–Trinajstić information content (AvgIpc) is 1.84. The van der Waals surface area contributed by atoms with Gasteiger partial charge < -0.3 is 9.84 Å². The number of ether oxygens (including phenoxy) is 1. The van der Waals surface area contributed by atoms with Crippen molar-refractivity contribution < 1.29 is 19.4 Å². The molecular formula is C6H9Cl3O4. The maximum absolute atomic E-state index is 10.4. The first-order valence-corrected chi connectivity index (χ1v) is 4.28. The lowest BCUT2D eigenvalue weighted by Gasteiger charge is -2.07. The predicted molar refractivity (Wildman–Crippen MR) is 50.2 cm³/mol. The van der Waals surface area contributed by atoms with Crippen molar-refractivity contribution in [2.75, 3.05) is 6.61 Å². The van der Waals surface area contributed by atoms with Crippen LogP contribution in [-0.4, -0.2) is 27.4 Å². The molecule has 0 saturated carbocycles. The van der Waals surface area contributed by atoms with Crippen molar-refractivity contribution in [1.29, 1.82) is 0 Å². The first-order valence-electron chi connectivity index (χ1n) is 3.15. The molecule has 0 amide bonds. The van der Waals surface area contributed by atoms with Crippen molar-refractivity contribution in [3.8, 4) is 0 Å². The third-order valence-electron chi connectivity index (χ3n) is 0.507. The first kappa shape index (κ1) is 15.3. The molecule has 0 saturated heterocycles. The fourth-order valence-corrected chi connectivity index (χ4v) is 0.377. The summed E-state index contributed by atoms with van der Waals surface area (Å²) in [4.78, 5) is 19.4. The Hall–Kier alpha value is -0.190. The van der Waals surface area contributed by atoms with Crippen LogP contribution < -0.4 is 0 Å². The Balaban J connectivity index is 0. The summed E-state index contributed by atoms with van der Waals surface area (Å²) in [5.41, 5.74) is 0. The Morgan fingerprint density at radius 3 is 1.77 bits per heavy atom. The summed E-state index contributed by atoms with van der Waals surface area (Å²) in [7, 11) is 0. The number of carbonyl (C=O) groups excluding carboxylic acids is 1. The molecule has 0 radical (unpaired) electrons. The third kappa shape index (κ3) is 14.6. The summed E-state index contributed by atoms with van der Waals surface area (Å²) in [6, 6.07) is 0. The topological polar surface area (TPSA) is 63.6 Å². The normalized spacial score (nSPS) is 9.62. The summed E-state index contributed by atoms with van der Waals surface area (Å²) in [5, 5.41) is 7.42. The third-order valence-corrected chi connectivity index (χ3v) is 0.970. The molecule has 13 heavy (non-hydrogen) atoms. The molecule has 0 fully saturated rings. The standard InChI is InChI=1S/C4H5Cl3O2.C2H4O2/c1-2-9-3(8)4(5,6)7;1-2(3)4/h2H2,1H3;1H3,(H,3,4). The van der Waals surface area contributed by atoms with E-state index in [1.807, 2.05) is 0 Å². The van der Waals surface area contributed by atoms with Crippen LogP contribution in [0.15, 0.2) is 0 Å². The first-order chi connectivity index (χ1) is 5.71. The number of hydrogen-bond donors (Lipinski definition) is 1. The number of halogens is 3. The maximum atomic E-state index is 10.4. The van der Waals surface area contributed by atoms with E-state index < -0.39 is 15.7 Å². The minimum Gasteiger partial charge on any atom is -0.481 e. The van der Waals surface area contributed by atoms with Crippen LogP contribution in [0.4, 0.5) is 0 Å². The highest BCUT2D eigenvalue weighted by molar-refractivity contribution is 6.75. The quantitative estimate of drug-likeness (QED) is 0.572. The Labute approximate surface area is 90.7 Å². The lowest BCUT2D eigenvalue weighted by atomic mass is 10.7. The van der Waals surface area contributed by atoms with E-state index in [2.05, 4.69) is 4.74 Å². The molecule has 4 nitrogen and oxygen atoms in total. The summed E-state index contributed by atoms with van der Waals surface area (Å²) < 4.78 is 2.44. The Bertz CT molecular complexity index is 171. The summed E-state index contributed by atoms with van der Waals surface area (Å²) in [6.07, 6.45) is 0. The van der Waals surface area contributed by atoms with E-state index in [-0.39, 0.29) is 6.61 Å². The number of esters is 1. The molecule has 0 atom stereocenters. The van der Waals surface area contributed by atoms with E-state index in [4.69, 9.17) is 44.7 Å². The van der Waals surface area contributed by atoms with Crippen LogP contribution >= 0.6 is 34.8 Å². The van der Waals surface area contributed by atoms with E-state index in [9.17, 15) is 4.79 Å². The highest BCUT2D eigenvalue weighted by atomic mass is 35.6. The van der Waals surface area contributed by atoms with Crippen LogP contribution in [0, 0.1) is 0 Å². The molecule has 0 aromatic heterocycles. The van der Waals surface area contributed by atoms with Gasteiger partial charge in [0.15, 0.2) is 0 Å². The molecule has 0 bridgehead atoms. The number of carboxylic acids is 1. The van der Waals surface area contributed by atoms with Gasteiger partial charge in [-0.2, -0.15) is 0 Å². The highest BCUT2D eigenvalue weighted by Gasteiger charge is 2.31. The molecule has 0 aromatic rings.